The minimum Gasteiger partial charge on any atom is -0.460 e. The summed E-state index contributed by atoms with van der Waals surface area (Å²) in [4.78, 5) is 22.9. The summed E-state index contributed by atoms with van der Waals surface area (Å²) >= 11 is 0. The third kappa shape index (κ3) is 1.93. The Bertz CT molecular complexity index is 188. The van der Waals surface area contributed by atoms with Gasteiger partial charge in [0, 0.05) is 14.0 Å². The number of hydrogen-bond acceptors (Lipinski definition) is 3. The molecule has 1 saturated heterocycles. The van der Waals surface area contributed by atoms with Crippen LogP contribution < -0.4 is 0 Å². The Balaban J connectivity index is 2.41. The molecule has 4 nitrogen and oxygen atoms in total. The summed E-state index contributed by atoms with van der Waals surface area (Å²) in [6, 6.07) is 0. The summed E-state index contributed by atoms with van der Waals surface area (Å²) in [7, 11) is 1.70. The molecule has 0 aliphatic carbocycles. The van der Waals surface area contributed by atoms with Crippen molar-refractivity contribution in [1.29, 1.82) is 0 Å². The number of amides is 1. The first-order valence-electron chi connectivity index (χ1n) is 3.51. The van der Waals surface area contributed by atoms with Crippen molar-refractivity contribution < 1.29 is 14.3 Å². The molecule has 1 aliphatic rings. The molecule has 1 rings (SSSR count). The van der Waals surface area contributed by atoms with Crippen LogP contribution in [-0.2, 0) is 14.3 Å². The van der Waals surface area contributed by atoms with Crippen LogP contribution in [0, 0.1) is 0 Å². The van der Waals surface area contributed by atoms with Crippen LogP contribution >= 0.6 is 0 Å². The van der Waals surface area contributed by atoms with Crippen molar-refractivity contribution in [3.63, 3.8) is 0 Å². The molecule has 1 heterocycles. The number of carbonyl (C=O) groups excluding carboxylic acids is 2. The zero-order chi connectivity index (χ0) is 8.43. The fourth-order valence-corrected chi connectivity index (χ4v) is 1.14. The van der Waals surface area contributed by atoms with Gasteiger partial charge in [0.15, 0.2) is 0 Å². The minimum absolute atomic E-state index is 0.0382. The Morgan fingerprint density at radius 1 is 1.73 bits per heavy atom. The molecule has 1 unspecified atom stereocenters. The van der Waals surface area contributed by atoms with Crippen LogP contribution in [0.5, 0.6) is 0 Å². The second kappa shape index (κ2) is 2.90. The Kier molecular flexibility index (Phi) is 2.12. The van der Waals surface area contributed by atoms with E-state index in [2.05, 4.69) is 0 Å². The highest BCUT2D eigenvalue weighted by atomic mass is 16.5. The van der Waals surface area contributed by atoms with Crippen molar-refractivity contribution in [2.75, 3.05) is 13.6 Å². The molecular weight excluding hydrogens is 146 g/mol. The molecule has 62 valence electrons. The van der Waals surface area contributed by atoms with Gasteiger partial charge in [0.25, 0.3) is 0 Å². The van der Waals surface area contributed by atoms with E-state index in [1.54, 1.807) is 11.9 Å². The molecule has 0 saturated carbocycles. The number of carbonyl (C=O) groups is 2. The van der Waals surface area contributed by atoms with Gasteiger partial charge in [-0.3, -0.25) is 9.59 Å². The van der Waals surface area contributed by atoms with E-state index < -0.39 is 0 Å². The highest BCUT2D eigenvalue weighted by Gasteiger charge is 2.28. The summed E-state index contributed by atoms with van der Waals surface area (Å²) in [5.74, 6) is -0.283. The lowest BCUT2D eigenvalue weighted by Crippen LogP contribution is -2.22. The van der Waals surface area contributed by atoms with Crippen molar-refractivity contribution >= 4 is 11.9 Å². The van der Waals surface area contributed by atoms with Crippen LogP contribution in [0.25, 0.3) is 0 Å². The van der Waals surface area contributed by atoms with E-state index in [4.69, 9.17) is 4.74 Å². The van der Waals surface area contributed by atoms with Crippen molar-refractivity contribution in [3.05, 3.63) is 0 Å². The number of likely N-dealkylation sites (N-methyl/N-ethyl adjacent to an activating group) is 1. The van der Waals surface area contributed by atoms with E-state index in [1.165, 1.54) is 6.92 Å². The Morgan fingerprint density at radius 3 is 2.73 bits per heavy atom. The average Bonchev–Trinajstić information content (AvgIpc) is 2.10. The SMILES string of the molecule is CC(=O)OC1CC(=O)N(C)C1. The monoisotopic (exact) mass is 157 g/mol. The van der Waals surface area contributed by atoms with Crippen LogP contribution in [-0.4, -0.2) is 36.5 Å². The van der Waals surface area contributed by atoms with Crippen molar-refractivity contribution in [1.82, 2.24) is 4.90 Å². The first-order valence-corrected chi connectivity index (χ1v) is 3.51. The molecule has 0 N–H and O–H groups in total. The van der Waals surface area contributed by atoms with Crippen LogP contribution in [0.3, 0.4) is 0 Å². The second-order valence-corrected chi connectivity index (χ2v) is 2.71. The largest absolute Gasteiger partial charge is 0.460 e. The van der Waals surface area contributed by atoms with Gasteiger partial charge in [0.2, 0.25) is 5.91 Å². The van der Waals surface area contributed by atoms with Gasteiger partial charge in [-0.15, -0.1) is 0 Å². The van der Waals surface area contributed by atoms with Gasteiger partial charge in [-0.1, -0.05) is 0 Å². The van der Waals surface area contributed by atoms with Crippen LogP contribution in [0.4, 0.5) is 0 Å². The predicted octanol–water partition coefficient (Wildman–Crippen LogP) is -0.220. The zero-order valence-electron chi connectivity index (χ0n) is 6.66. The van der Waals surface area contributed by atoms with Gasteiger partial charge in [-0.2, -0.15) is 0 Å². The molecule has 0 aromatic heterocycles. The Morgan fingerprint density at radius 2 is 2.36 bits per heavy atom. The van der Waals surface area contributed by atoms with Crippen LogP contribution in [0.2, 0.25) is 0 Å². The van der Waals surface area contributed by atoms with E-state index in [-0.39, 0.29) is 18.0 Å². The zero-order valence-corrected chi connectivity index (χ0v) is 6.66. The number of nitrogens with zero attached hydrogens (tertiary/aromatic N) is 1. The number of rotatable bonds is 1. The summed E-state index contributed by atoms with van der Waals surface area (Å²) in [5.41, 5.74) is 0. The molecule has 1 atom stereocenters. The number of hydrogen-bond donors (Lipinski definition) is 0. The van der Waals surface area contributed by atoms with Crippen LogP contribution in [0.1, 0.15) is 13.3 Å². The van der Waals surface area contributed by atoms with E-state index in [9.17, 15) is 9.59 Å². The lowest BCUT2D eigenvalue weighted by atomic mass is 10.3. The maximum absolute atomic E-state index is 10.9. The maximum atomic E-state index is 10.9. The molecule has 0 aromatic carbocycles. The third-order valence-corrected chi connectivity index (χ3v) is 1.64. The van der Waals surface area contributed by atoms with E-state index in [0.717, 1.165) is 0 Å². The Labute approximate surface area is 65.1 Å². The maximum Gasteiger partial charge on any atom is 0.302 e. The number of ether oxygens (including phenoxy) is 1. The molecule has 1 amide bonds. The molecule has 0 radical (unpaired) electrons. The summed E-state index contributed by atoms with van der Waals surface area (Å²) < 4.78 is 4.85. The fourth-order valence-electron chi connectivity index (χ4n) is 1.14. The number of likely N-dealkylation sites (tertiary alicyclic amines) is 1. The fraction of sp³-hybridized carbons (Fsp3) is 0.714. The molecule has 0 bridgehead atoms. The van der Waals surface area contributed by atoms with Gasteiger partial charge in [0.1, 0.15) is 6.10 Å². The van der Waals surface area contributed by atoms with Crippen molar-refractivity contribution in [2.24, 2.45) is 0 Å². The first-order chi connectivity index (χ1) is 5.09. The summed E-state index contributed by atoms with van der Waals surface area (Å²) in [5, 5.41) is 0. The molecule has 0 aromatic rings. The van der Waals surface area contributed by atoms with Gasteiger partial charge >= 0.3 is 5.97 Å². The van der Waals surface area contributed by atoms with E-state index in [1.807, 2.05) is 0 Å². The van der Waals surface area contributed by atoms with Gasteiger partial charge in [-0.25, -0.2) is 0 Å². The van der Waals surface area contributed by atoms with Gasteiger partial charge < -0.3 is 9.64 Å². The standard InChI is InChI=1S/C7H11NO3/c1-5(9)11-6-3-7(10)8(2)4-6/h6H,3-4H2,1-2H3. The average molecular weight is 157 g/mol. The van der Waals surface area contributed by atoms with Gasteiger partial charge in [0.05, 0.1) is 13.0 Å². The lowest BCUT2D eigenvalue weighted by molar-refractivity contribution is -0.145. The summed E-state index contributed by atoms with van der Waals surface area (Å²) in [6.45, 7) is 1.88. The minimum atomic E-state index is -0.321. The first kappa shape index (κ1) is 8.04. The van der Waals surface area contributed by atoms with Crippen molar-refractivity contribution in [2.45, 2.75) is 19.4 Å². The normalized spacial score (nSPS) is 24.0. The number of esters is 1. The predicted molar refractivity (Wildman–Crippen MR) is 37.8 cm³/mol. The van der Waals surface area contributed by atoms with Crippen molar-refractivity contribution in [3.8, 4) is 0 Å². The smallest absolute Gasteiger partial charge is 0.302 e. The third-order valence-electron chi connectivity index (χ3n) is 1.64. The topological polar surface area (TPSA) is 46.6 Å². The quantitative estimate of drug-likeness (QED) is 0.494. The molecule has 1 aliphatic heterocycles. The van der Waals surface area contributed by atoms with Crippen LogP contribution in [0.15, 0.2) is 0 Å². The second-order valence-electron chi connectivity index (χ2n) is 2.71. The highest BCUT2D eigenvalue weighted by Crippen LogP contribution is 2.11. The summed E-state index contributed by atoms with van der Waals surface area (Å²) in [6.07, 6.45) is 0.0980. The Hall–Kier alpha value is -1.06. The lowest BCUT2D eigenvalue weighted by Gasteiger charge is -2.09. The van der Waals surface area contributed by atoms with E-state index in [0.29, 0.717) is 13.0 Å². The molecule has 11 heavy (non-hydrogen) atoms. The van der Waals surface area contributed by atoms with E-state index >= 15 is 0 Å². The van der Waals surface area contributed by atoms with Gasteiger partial charge in [-0.05, 0) is 0 Å². The molecule has 4 heteroatoms. The molecule has 0 spiro atoms. The molecule has 1 fully saturated rings. The highest BCUT2D eigenvalue weighted by molar-refractivity contribution is 5.79. The molecular formula is C7H11NO3.